The van der Waals surface area contributed by atoms with E-state index in [1.54, 1.807) is 47.1 Å². The Morgan fingerprint density at radius 1 is 1.00 bits per heavy atom. The van der Waals surface area contributed by atoms with Gasteiger partial charge in [-0.15, -0.1) is 0 Å². The molecule has 1 aliphatic rings. The highest BCUT2D eigenvalue weighted by atomic mass is 19.1. The van der Waals surface area contributed by atoms with Gasteiger partial charge in [0, 0.05) is 43.9 Å². The van der Waals surface area contributed by atoms with Crippen molar-refractivity contribution in [3.05, 3.63) is 70.5 Å². The van der Waals surface area contributed by atoms with E-state index in [1.807, 2.05) is 6.07 Å². The van der Waals surface area contributed by atoms with Crippen LogP contribution in [-0.2, 0) is 6.42 Å². The van der Waals surface area contributed by atoms with Gasteiger partial charge in [0.25, 0.3) is 5.91 Å². The summed E-state index contributed by atoms with van der Waals surface area (Å²) in [6.07, 6.45) is 0.574. The Balaban J connectivity index is 1.46. The van der Waals surface area contributed by atoms with E-state index in [9.17, 15) is 18.8 Å². The molecule has 1 fully saturated rings. The molecule has 7 nitrogen and oxygen atoms in total. The van der Waals surface area contributed by atoms with E-state index in [-0.39, 0.29) is 11.9 Å². The fourth-order valence-corrected chi connectivity index (χ4v) is 3.33. The van der Waals surface area contributed by atoms with Crippen molar-refractivity contribution < 1.29 is 18.8 Å². The molecule has 0 aliphatic carbocycles. The molecular weight excluding hydrogens is 387 g/mol. The van der Waals surface area contributed by atoms with Crippen LogP contribution in [0.3, 0.4) is 0 Å². The molecule has 1 heterocycles. The number of aryl methyl sites for hydroxylation is 1. The maximum Gasteiger partial charge on any atom is 0.317 e. The predicted molar refractivity (Wildman–Crippen MR) is 111 cm³/mol. The van der Waals surface area contributed by atoms with Crippen molar-refractivity contribution >= 4 is 17.8 Å². The number of nitrogens with two attached hydrogens (primary N) is 1. The van der Waals surface area contributed by atoms with Gasteiger partial charge >= 0.3 is 6.03 Å². The number of urea groups is 1. The van der Waals surface area contributed by atoms with Crippen LogP contribution in [0.1, 0.15) is 31.8 Å². The summed E-state index contributed by atoms with van der Waals surface area (Å²) in [4.78, 5) is 39.4. The Bertz CT molecular complexity index is 955. The summed E-state index contributed by atoms with van der Waals surface area (Å²) >= 11 is 0. The van der Waals surface area contributed by atoms with Gasteiger partial charge in [-0.2, -0.15) is 0 Å². The summed E-state index contributed by atoms with van der Waals surface area (Å²) in [6, 6.07) is 11.3. The fourth-order valence-electron chi connectivity index (χ4n) is 3.33. The molecule has 3 rings (SSSR count). The van der Waals surface area contributed by atoms with Gasteiger partial charge in [-0.1, -0.05) is 18.2 Å². The van der Waals surface area contributed by atoms with Crippen molar-refractivity contribution in [1.29, 1.82) is 0 Å². The lowest BCUT2D eigenvalue weighted by molar-refractivity contribution is 0.0664. The second kappa shape index (κ2) is 9.39. The molecule has 30 heavy (non-hydrogen) atoms. The molecule has 4 amide bonds. The summed E-state index contributed by atoms with van der Waals surface area (Å²) in [7, 11) is 0. The molecule has 8 heteroatoms. The first kappa shape index (κ1) is 21.3. The van der Waals surface area contributed by atoms with Crippen LogP contribution in [0.4, 0.5) is 9.18 Å². The number of halogens is 1. The van der Waals surface area contributed by atoms with Crippen LogP contribution in [-0.4, -0.2) is 60.4 Å². The molecular formula is C22H25FN4O3. The molecule has 1 aliphatic heterocycles. The molecule has 0 spiro atoms. The first-order valence-corrected chi connectivity index (χ1v) is 9.82. The van der Waals surface area contributed by atoms with E-state index in [0.29, 0.717) is 55.8 Å². The average Bonchev–Trinajstić information content (AvgIpc) is 2.75. The van der Waals surface area contributed by atoms with Crippen molar-refractivity contribution in [2.45, 2.75) is 13.3 Å². The van der Waals surface area contributed by atoms with Crippen molar-refractivity contribution in [3.8, 4) is 0 Å². The third kappa shape index (κ3) is 5.14. The van der Waals surface area contributed by atoms with Crippen LogP contribution < -0.4 is 11.1 Å². The molecule has 0 atom stereocenters. The van der Waals surface area contributed by atoms with Crippen molar-refractivity contribution in [1.82, 2.24) is 15.1 Å². The second-order valence-electron chi connectivity index (χ2n) is 7.29. The zero-order valence-electron chi connectivity index (χ0n) is 16.9. The Labute approximate surface area is 174 Å². The van der Waals surface area contributed by atoms with Crippen LogP contribution in [0.5, 0.6) is 0 Å². The molecule has 3 N–H and O–H groups in total. The normalized spacial score (nSPS) is 13.8. The monoisotopic (exact) mass is 412 g/mol. The third-order valence-electron chi connectivity index (χ3n) is 5.17. The summed E-state index contributed by atoms with van der Waals surface area (Å²) in [5.41, 5.74) is 7.44. The highest BCUT2D eigenvalue weighted by Crippen LogP contribution is 2.13. The molecule has 1 saturated heterocycles. The van der Waals surface area contributed by atoms with Crippen LogP contribution >= 0.6 is 0 Å². The highest BCUT2D eigenvalue weighted by molar-refractivity contribution is 5.94. The standard InChI is InChI=1S/C22H25FN4O3/c1-15-5-6-18(14-19(15)23)21(29)26-9-11-27(12-10-26)22(30)25-8-7-16-3-2-4-17(13-16)20(24)28/h2-6,13-14H,7-12H2,1H3,(H2,24,28)(H,25,30). The summed E-state index contributed by atoms with van der Waals surface area (Å²) in [5.74, 6) is -1.12. The molecule has 2 aromatic rings. The molecule has 158 valence electrons. The number of hydrogen-bond donors (Lipinski definition) is 2. The molecule has 0 radical (unpaired) electrons. The van der Waals surface area contributed by atoms with E-state index in [2.05, 4.69) is 5.32 Å². The number of nitrogens with zero attached hydrogens (tertiary/aromatic N) is 2. The van der Waals surface area contributed by atoms with Gasteiger partial charge < -0.3 is 20.9 Å². The number of carbonyl (C=O) groups excluding carboxylic acids is 3. The van der Waals surface area contributed by atoms with Gasteiger partial charge in [-0.05, 0) is 48.7 Å². The van der Waals surface area contributed by atoms with E-state index in [4.69, 9.17) is 5.73 Å². The number of carbonyl (C=O) groups is 3. The van der Waals surface area contributed by atoms with Gasteiger partial charge in [-0.3, -0.25) is 9.59 Å². The summed E-state index contributed by atoms with van der Waals surface area (Å²) < 4.78 is 13.7. The minimum atomic E-state index is -0.485. The number of benzene rings is 2. The lowest BCUT2D eigenvalue weighted by Crippen LogP contribution is -2.53. The first-order chi connectivity index (χ1) is 14.3. The third-order valence-corrected chi connectivity index (χ3v) is 5.17. The SMILES string of the molecule is Cc1ccc(C(=O)N2CCN(C(=O)NCCc3cccc(C(N)=O)c3)CC2)cc1F. The fraction of sp³-hybridized carbons (Fsp3) is 0.318. The second-order valence-corrected chi connectivity index (χ2v) is 7.29. The number of piperazine rings is 1. The number of primary amides is 1. The quantitative estimate of drug-likeness (QED) is 0.786. The number of amides is 4. The first-order valence-electron chi connectivity index (χ1n) is 9.82. The van der Waals surface area contributed by atoms with Crippen molar-refractivity contribution in [2.75, 3.05) is 32.7 Å². The topological polar surface area (TPSA) is 95.7 Å². The minimum Gasteiger partial charge on any atom is -0.366 e. The van der Waals surface area contributed by atoms with Gasteiger partial charge in [-0.25, -0.2) is 9.18 Å². The van der Waals surface area contributed by atoms with Gasteiger partial charge in [0.1, 0.15) is 5.82 Å². The Kier molecular flexibility index (Phi) is 6.66. The van der Waals surface area contributed by atoms with Crippen LogP contribution in [0, 0.1) is 12.7 Å². The number of hydrogen-bond acceptors (Lipinski definition) is 3. The molecule has 0 unspecified atom stereocenters. The van der Waals surface area contributed by atoms with Gasteiger partial charge in [0.05, 0.1) is 0 Å². The number of nitrogens with one attached hydrogen (secondary N) is 1. The van der Waals surface area contributed by atoms with Crippen molar-refractivity contribution in [2.24, 2.45) is 5.73 Å². The highest BCUT2D eigenvalue weighted by Gasteiger charge is 2.25. The Morgan fingerprint density at radius 2 is 1.70 bits per heavy atom. The molecule has 0 aromatic heterocycles. The minimum absolute atomic E-state index is 0.200. The predicted octanol–water partition coefficient (Wildman–Crippen LogP) is 1.94. The zero-order chi connectivity index (χ0) is 21.7. The van der Waals surface area contributed by atoms with Crippen molar-refractivity contribution in [3.63, 3.8) is 0 Å². The van der Waals surface area contributed by atoms with Crippen LogP contribution in [0.25, 0.3) is 0 Å². The maximum atomic E-state index is 13.7. The van der Waals surface area contributed by atoms with E-state index < -0.39 is 11.7 Å². The smallest absolute Gasteiger partial charge is 0.317 e. The molecule has 0 bridgehead atoms. The molecule has 2 aromatic carbocycles. The zero-order valence-corrected chi connectivity index (χ0v) is 16.9. The van der Waals surface area contributed by atoms with E-state index in [1.165, 1.54) is 6.07 Å². The van der Waals surface area contributed by atoms with Gasteiger partial charge in [0.15, 0.2) is 0 Å². The summed E-state index contributed by atoms with van der Waals surface area (Å²) in [6.45, 7) is 3.66. The molecule has 0 saturated carbocycles. The lowest BCUT2D eigenvalue weighted by atomic mass is 10.1. The van der Waals surface area contributed by atoms with Crippen LogP contribution in [0.2, 0.25) is 0 Å². The largest absolute Gasteiger partial charge is 0.366 e. The van der Waals surface area contributed by atoms with Gasteiger partial charge in [0.2, 0.25) is 5.91 Å². The number of rotatable bonds is 5. The van der Waals surface area contributed by atoms with E-state index in [0.717, 1.165) is 5.56 Å². The maximum absolute atomic E-state index is 13.7. The summed E-state index contributed by atoms with van der Waals surface area (Å²) in [5, 5.41) is 2.86. The van der Waals surface area contributed by atoms with E-state index >= 15 is 0 Å². The van der Waals surface area contributed by atoms with Crippen LogP contribution in [0.15, 0.2) is 42.5 Å². The lowest BCUT2D eigenvalue weighted by Gasteiger charge is -2.34. The average molecular weight is 412 g/mol. The Hall–Kier alpha value is -3.42. The Morgan fingerprint density at radius 3 is 2.37 bits per heavy atom.